The van der Waals surface area contributed by atoms with Crippen molar-refractivity contribution in [3.63, 3.8) is 0 Å². The summed E-state index contributed by atoms with van der Waals surface area (Å²) < 4.78 is 33.4. The van der Waals surface area contributed by atoms with Gasteiger partial charge in [0.1, 0.15) is 12.0 Å². The lowest BCUT2D eigenvalue weighted by Crippen LogP contribution is -2.43. The standard InChI is InChI=1S/C27H28N4O6.C17H19N3O4.C13H14N2O3/c1-34-22-9-18-20(28-13-16-5-3-7-30(16)26(18)32)11-24(22)36-15-37-25-12-21-19(10-23(25)35-2)27(33)31-8-4-6-17(31)14-29-21;1-9-3-5-11-14(15(9)22)19-16(24-2)12-7-10(4-6-13(18)21)8-20(12)17(11)23;1-18-12-5-9-10(6-11(12)16)14-7-8-3-2-4-15(8)13(9)17/h9-14,16-17H,3-8,15H2,1-2H3;3-6,8,12,16,19,22H,7H2,1-2H3,(H2,18,21);5-8,16H,2-4H2,1H3/b;6-4+;. The Labute approximate surface area is 455 Å². The van der Waals surface area contributed by atoms with Crippen LogP contribution >= 0.6 is 0 Å². The highest BCUT2D eigenvalue weighted by Crippen LogP contribution is 2.43. The van der Waals surface area contributed by atoms with Crippen LogP contribution in [0.1, 0.15) is 91.9 Å². The average molecular weight is 1080 g/mol. The molecule has 4 aromatic carbocycles. The van der Waals surface area contributed by atoms with Crippen LogP contribution in [0.4, 0.5) is 22.7 Å². The van der Waals surface area contributed by atoms with Gasteiger partial charge in [0, 0.05) is 75.9 Å². The van der Waals surface area contributed by atoms with Gasteiger partial charge in [0.15, 0.2) is 34.5 Å². The van der Waals surface area contributed by atoms with Crippen LogP contribution in [0.2, 0.25) is 0 Å². The molecule has 3 saturated heterocycles. The Hall–Kier alpha value is -8.92. The highest BCUT2D eigenvalue weighted by atomic mass is 16.7. The Morgan fingerprint density at radius 1 is 0.658 bits per heavy atom. The number of phenolic OH excluding ortho intramolecular Hbond substituents is 2. The number of nitrogens with one attached hydrogen (secondary N) is 1. The number of anilines is 1. The van der Waals surface area contributed by atoms with Gasteiger partial charge in [0.25, 0.3) is 23.6 Å². The molecule has 5 atom stereocenters. The van der Waals surface area contributed by atoms with Crippen LogP contribution < -0.4 is 34.7 Å². The quantitative estimate of drug-likeness (QED) is 0.0730. The number of phenols is 2. The molecule has 0 aliphatic carbocycles. The molecule has 0 radical (unpaired) electrons. The van der Waals surface area contributed by atoms with Gasteiger partial charge in [0.05, 0.1) is 90.5 Å². The Bertz CT molecular complexity index is 3180. The number of nitrogens with two attached hydrogens (primary N) is 1. The Kier molecular flexibility index (Phi) is 15.3. The molecular weight excluding hydrogens is 1020 g/mol. The van der Waals surface area contributed by atoms with Gasteiger partial charge < -0.3 is 69.3 Å². The molecule has 0 bridgehead atoms. The number of aliphatic imine (C=N–C) groups is 3. The SMILES string of the molecule is COC1Nc2c(ccc(C)c2O)C(=O)N2C=C(/C=C/C(N)=O)CC12.COc1cc2c(cc1O)N=CC1CCCN1C2=O.COc1cc2c(cc1OCOc1cc3c(cc1OC)C(=O)N1CCCC1C=N3)N=CC1CCCN1C2=O. The minimum atomic E-state index is -0.545. The number of aryl methyl sites for hydroxylation is 1. The number of fused-ring (bicyclic) bond motifs is 8. The molecule has 8 aliphatic heterocycles. The van der Waals surface area contributed by atoms with Crippen molar-refractivity contribution in [2.45, 2.75) is 82.3 Å². The minimum absolute atomic E-state index is 0.00302. The molecule has 8 heterocycles. The maximum Gasteiger partial charge on any atom is 0.260 e. The second kappa shape index (κ2) is 22.6. The lowest BCUT2D eigenvalue weighted by Gasteiger charge is -2.27. The third-order valence-corrected chi connectivity index (χ3v) is 15.1. The summed E-state index contributed by atoms with van der Waals surface area (Å²) in [5, 5.41) is 23.1. The molecule has 5 amide bonds. The predicted octanol–water partition coefficient (Wildman–Crippen LogP) is 6.72. The van der Waals surface area contributed by atoms with Crippen molar-refractivity contribution in [2.75, 3.05) is 60.2 Å². The van der Waals surface area contributed by atoms with E-state index in [4.69, 9.17) is 34.2 Å². The number of carbonyl (C=O) groups excluding carboxylic acids is 5. The van der Waals surface area contributed by atoms with Crippen molar-refractivity contribution < 1.29 is 62.6 Å². The van der Waals surface area contributed by atoms with Crippen LogP contribution in [-0.2, 0) is 9.53 Å². The van der Waals surface area contributed by atoms with Crippen LogP contribution in [0.15, 0.2) is 87.4 Å². The third kappa shape index (κ3) is 10.5. The molecule has 3 fully saturated rings. The molecule has 79 heavy (non-hydrogen) atoms. The fourth-order valence-corrected chi connectivity index (χ4v) is 11.0. The number of allylic oxidation sites excluding steroid dienone is 1. The van der Waals surface area contributed by atoms with Gasteiger partial charge >= 0.3 is 0 Å². The first-order chi connectivity index (χ1) is 38.2. The number of hydrogen-bond donors (Lipinski definition) is 4. The second-order valence-corrected chi connectivity index (χ2v) is 19.8. The monoisotopic (exact) mass is 1080 g/mol. The van der Waals surface area contributed by atoms with Crippen molar-refractivity contribution in [3.05, 3.63) is 100 Å². The summed E-state index contributed by atoms with van der Waals surface area (Å²) in [6, 6.07) is 13.0. The fourth-order valence-electron chi connectivity index (χ4n) is 11.0. The first-order valence-electron chi connectivity index (χ1n) is 26.0. The predicted molar refractivity (Wildman–Crippen MR) is 292 cm³/mol. The Morgan fingerprint density at radius 3 is 1.61 bits per heavy atom. The van der Waals surface area contributed by atoms with Crippen LogP contribution in [0.5, 0.6) is 40.2 Å². The normalized spacial score (nSPS) is 21.9. The number of ether oxygens (including phenoxy) is 6. The lowest BCUT2D eigenvalue weighted by molar-refractivity contribution is -0.113. The summed E-state index contributed by atoms with van der Waals surface area (Å²) in [6.45, 7) is 3.81. The minimum Gasteiger partial charge on any atom is -0.505 e. The van der Waals surface area contributed by atoms with Gasteiger partial charge in [-0.3, -0.25) is 38.9 Å². The first-order valence-corrected chi connectivity index (χ1v) is 26.0. The van der Waals surface area contributed by atoms with Crippen molar-refractivity contribution in [2.24, 2.45) is 20.7 Å². The smallest absolute Gasteiger partial charge is 0.260 e. The van der Waals surface area contributed by atoms with Gasteiger partial charge in [-0.15, -0.1) is 0 Å². The van der Waals surface area contributed by atoms with E-state index in [9.17, 15) is 34.2 Å². The second-order valence-electron chi connectivity index (χ2n) is 19.8. The van der Waals surface area contributed by atoms with Gasteiger partial charge in [0.2, 0.25) is 12.7 Å². The summed E-state index contributed by atoms with van der Waals surface area (Å²) in [6.07, 6.45) is 15.7. The molecule has 0 saturated carbocycles. The van der Waals surface area contributed by atoms with Crippen molar-refractivity contribution >= 4 is 70.9 Å². The number of nitrogens with zero attached hydrogens (tertiary/aromatic N) is 7. The number of carbonyl (C=O) groups is 5. The van der Waals surface area contributed by atoms with E-state index in [-0.39, 0.29) is 66.1 Å². The maximum atomic E-state index is 13.1. The molecular formula is C57H61N9O13. The van der Waals surface area contributed by atoms with Gasteiger partial charge in [-0.25, -0.2) is 0 Å². The van der Waals surface area contributed by atoms with E-state index in [0.717, 1.165) is 63.7 Å². The summed E-state index contributed by atoms with van der Waals surface area (Å²) in [5.41, 5.74) is 10.4. The highest BCUT2D eigenvalue weighted by Gasteiger charge is 2.41. The number of aromatic hydroxyl groups is 2. The largest absolute Gasteiger partial charge is 0.505 e. The molecule has 12 rings (SSSR count). The molecule has 4 aromatic rings. The average Bonchev–Trinajstić information content (AvgIpc) is 4.38. The van der Waals surface area contributed by atoms with Gasteiger partial charge in [-0.1, -0.05) is 12.1 Å². The van der Waals surface area contributed by atoms with Crippen molar-refractivity contribution in [1.82, 2.24) is 19.6 Å². The number of rotatable bonds is 10. The molecule has 0 aromatic heterocycles. The van der Waals surface area contributed by atoms with Gasteiger partial charge in [-0.2, -0.15) is 0 Å². The van der Waals surface area contributed by atoms with Crippen LogP contribution in [0.3, 0.4) is 0 Å². The topological polar surface area (TPSA) is 269 Å². The van der Waals surface area contributed by atoms with Crippen molar-refractivity contribution in [3.8, 4) is 40.2 Å². The molecule has 22 nitrogen and oxygen atoms in total. The fraction of sp³-hybridized carbons (Fsp3) is 0.368. The molecule has 412 valence electrons. The summed E-state index contributed by atoms with van der Waals surface area (Å²) in [5.74, 6) is 1.04. The zero-order valence-electron chi connectivity index (χ0n) is 44.3. The van der Waals surface area contributed by atoms with E-state index in [1.165, 1.54) is 40.6 Å². The lowest BCUT2D eigenvalue weighted by atomic mass is 10.1. The first kappa shape index (κ1) is 53.5. The van der Waals surface area contributed by atoms with Crippen molar-refractivity contribution in [1.29, 1.82) is 0 Å². The molecule has 8 aliphatic rings. The van der Waals surface area contributed by atoms with E-state index < -0.39 is 12.1 Å². The third-order valence-electron chi connectivity index (χ3n) is 15.1. The van der Waals surface area contributed by atoms with Crippen LogP contribution in [-0.4, -0.2) is 163 Å². The zero-order chi connectivity index (χ0) is 55.6. The zero-order valence-corrected chi connectivity index (χ0v) is 44.3. The number of primary amides is 1. The summed E-state index contributed by atoms with van der Waals surface area (Å²) >= 11 is 0. The maximum absolute atomic E-state index is 13.1. The van der Waals surface area contributed by atoms with Gasteiger partial charge in [-0.05, 0) is 87.3 Å². The Balaban J connectivity index is 0.000000144. The highest BCUT2D eigenvalue weighted by molar-refractivity contribution is 6.06. The molecule has 5 N–H and O–H groups in total. The summed E-state index contributed by atoms with van der Waals surface area (Å²) in [7, 11) is 6.04. The number of amides is 5. The van der Waals surface area contributed by atoms with Crippen LogP contribution in [0, 0.1) is 6.92 Å². The molecule has 5 unspecified atom stereocenters. The van der Waals surface area contributed by atoms with E-state index in [2.05, 4.69) is 20.3 Å². The summed E-state index contributed by atoms with van der Waals surface area (Å²) in [4.78, 5) is 82.9. The van der Waals surface area contributed by atoms with E-state index in [1.807, 2.05) is 27.1 Å². The number of benzene rings is 4. The Morgan fingerprint density at radius 2 is 1.14 bits per heavy atom. The molecule has 22 heteroatoms. The number of methoxy groups -OCH3 is 4. The number of hydrogen-bond acceptors (Lipinski definition) is 17. The van der Waals surface area contributed by atoms with E-state index >= 15 is 0 Å². The van der Waals surface area contributed by atoms with Crippen LogP contribution in [0.25, 0.3) is 0 Å². The molecule has 0 spiro atoms. The van der Waals surface area contributed by atoms with E-state index in [0.29, 0.717) is 85.7 Å². The van der Waals surface area contributed by atoms with E-state index in [1.54, 1.807) is 72.8 Å².